The van der Waals surface area contributed by atoms with Gasteiger partial charge in [-0.05, 0) is 41.2 Å². The second-order valence-electron chi connectivity index (χ2n) is 6.44. The van der Waals surface area contributed by atoms with Gasteiger partial charge < -0.3 is 16.0 Å². The van der Waals surface area contributed by atoms with E-state index in [1.807, 2.05) is 17.0 Å². The maximum absolute atomic E-state index is 12.6. The van der Waals surface area contributed by atoms with E-state index in [1.54, 1.807) is 0 Å². The molecule has 118 valence electrons. The average Bonchev–Trinajstić information content (AvgIpc) is 3.19. The molecule has 1 unspecified atom stereocenters. The van der Waals surface area contributed by atoms with E-state index in [0.717, 1.165) is 18.5 Å². The minimum absolute atomic E-state index is 0.0367. The lowest BCUT2D eigenvalue weighted by Crippen LogP contribution is -2.42. The number of hydrogen-bond acceptors (Lipinski definition) is 3. The van der Waals surface area contributed by atoms with Crippen molar-refractivity contribution in [2.75, 3.05) is 11.9 Å². The lowest BCUT2D eigenvalue weighted by Gasteiger charge is -2.20. The monoisotopic (exact) mass is 307 g/mol. The van der Waals surface area contributed by atoms with Gasteiger partial charge in [-0.3, -0.25) is 4.79 Å². The molecule has 4 rings (SSSR count). The summed E-state index contributed by atoms with van der Waals surface area (Å²) < 4.78 is 0. The van der Waals surface area contributed by atoms with Crippen LogP contribution in [-0.2, 0) is 30.7 Å². The van der Waals surface area contributed by atoms with Crippen LogP contribution in [0, 0.1) is 0 Å². The van der Waals surface area contributed by atoms with Crippen LogP contribution in [0.2, 0.25) is 0 Å². The zero-order valence-electron chi connectivity index (χ0n) is 13.1. The van der Waals surface area contributed by atoms with Gasteiger partial charge in [-0.2, -0.15) is 0 Å². The Morgan fingerprint density at radius 3 is 2.61 bits per heavy atom. The topological polar surface area (TPSA) is 58.4 Å². The number of nitrogens with two attached hydrogens (primary N) is 1. The highest BCUT2D eigenvalue weighted by Crippen LogP contribution is 2.25. The first-order valence-corrected chi connectivity index (χ1v) is 8.17. The molecule has 0 aliphatic carbocycles. The zero-order valence-corrected chi connectivity index (χ0v) is 13.1. The number of amides is 1. The van der Waals surface area contributed by atoms with Crippen molar-refractivity contribution in [3.63, 3.8) is 0 Å². The lowest BCUT2D eigenvalue weighted by atomic mass is 10.0. The number of carbonyl (C=O) groups is 1. The molecule has 0 radical (unpaired) electrons. The third-order valence-electron chi connectivity index (χ3n) is 4.81. The van der Waals surface area contributed by atoms with E-state index in [4.69, 9.17) is 5.73 Å². The molecule has 2 aliphatic heterocycles. The van der Waals surface area contributed by atoms with Crippen LogP contribution in [0.4, 0.5) is 5.69 Å². The van der Waals surface area contributed by atoms with Gasteiger partial charge in [-0.1, -0.05) is 36.4 Å². The number of fused-ring (bicyclic) bond motifs is 2. The fourth-order valence-electron chi connectivity index (χ4n) is 3.53. The summed E-state index contributed by atoms with van der Waals surface area (Å²) in [4.78, 5) is 14.5. The van der Waals surface area contributed by atoms with Crippen molar-refractivity contribution in [3.8, 4) is 0 Å². The van der Waals surface area contributed by atoms with Gasteiger partial charge in [-0.15, -0.1) is 0 Å². The van der Waals surface area contributed by atoms with Crippen LogP contribution in [0.15, 0.2) is 42.5 Å². The first kappa shape index (κ1) is 14.3. The number of nitrogens with zero attached hydrogens (tertiary/aromatic N) is 1. The number of benzene rings is 2. The summed E-state index contributed by atoms with van der Waals surface area (Å²) in [5, 5.41) is 3.37. The Bertz CT molecular complexity index is 731. The van der Waals surface area contributed by atoms with Gasteiger partial charge in [0.15, 0.2) is 0 Å². The van der Waals surface area contributed by atoms with Crippen LogP contribution >= 0.6 is 0 Å². The van der Waals surface area contributed by atoms with Crippen molar-refractivity contribution in [1.29, 1.82) is 0 Å². The maximum atomic E-state index is 12.6. The molecule has 2 aromatic rings. The molecule has 1 amide bonds. The third-order valence-corrected chi connectivity index (χ3v) is 4.81. The van der Waals surface area contributed by atoms with Crippen LogP contribution in [-0.4, -0.2) is 23.4 Å². The van der Waals surface area contributed by atoms with E-state index in [9.17, 15) is 4.79 Å². The molecule has 0 bridgehead atoms. The summed E-state index contributed by atoms with van der Waals surface area (Å²) in [5.74, 6) is 0.0367. The van der Waals surface area contributed by atoms with Crippen molar-refractivity contribution < 1.29 is 4.79 Å². The molecular formula is C19H21N3O. The van der Waals surface area contributed by atoms with Gasteiger partial charge in [-0.25, -0.2) is 0 Å². The summed E-state index contributed by atoms with van der Waals surface area (Å²) in [7, 11) is 0. The fraction of sp³-hybridized carbons (Fsp3) is 0.316. The zero-order chi connectivity index (χ0) is 15.8. The largest absolute Gasteiger partial charge is 0.384 e. The normalized spacial score (nSPS) is 16.7. The van der Waals surface area contributed by atoms with Gasteiger partial charge in [0.05, 0.1) is 6.04 Å². The molecule has 23 heavy (non-hydrogen) atoms. The Labute approximate surface area is 136 Å². The van der Waals surface area contributed by atoms with Gasteiger partial charge >= 0.3 is 0 Å². The standard InChI is InChI=1S/C19H21N3O/c20-17(9-13-5-6-14-7-8-21-18(14)10-13)19(23)22-11-15-3-1-2-4-16(15)12-22/h1-6,10,17,21H,7-9,11-12,20H2. The fourth-order valence-corrected chi connectivity index (χ4v) is 3.53. The molecule has 0 spiro atoms. The quantitative estimate of drug-likeness (QED) is 0.912. The number of anilines is 1. The van der Waals surface area contributed by atoms with E-state index in [-0.39, 0.29) is 5.91 Å². The summed E-state index contributed by atoms with van der Waals surface area (Å²) in [5.41, 5.74) is 12.3. The van der Waals surface area contributed by atoms with Gasteiger partial charge in [0, 0.05) is 25.3 Å². The van der Waals surface area contributed by atoms with Gasteiger partial charge in [0.1, 0.15) is 0 Å². The molecule has 2 aromatic carbocycles. The maximum Gasteiger partial charge on any atom is 0.240 e. The first-order chi connectivity index (χ1) is 11.2. The van der Waals surface area contributed by atoms with E-state index in [1.165, 1.54) is 22.4 Å². The SMILES string of the molecule is NC(Cc1ccc2c(c1)NCC2)C(=O)N1Cc2ccccc2C1. The molecule has 2 heterocycles. The van der Waals surface area contributed by atoms with Crippen LogP contribution < -0.4 is 11.1 Å². The highest BCUT2D eigenvalue weighted by molar-refractivity contribution is 5.82. The summed E-state index contributed by atoms with van der Waals surface area (Å²) in [6.45, 7) is 2.35. The Hall–Kier alpha value is -2.33. The van der Waals surface area contributed by atoms with Crippen LogP contribution in [0.5, 0.6) is 0 Å². The number of rotatable bonds is 3. The van der Waals surface area contributed by atoms with Gasteiger partial charge in [0.2, 0.25) is 5.91 Å². The molecule has 2 aliphatic rings. The summed E-state index contributed by atoms with van der Waals surface area (Å²) in [6.07, 6.45) is 1.66. The van der Waals surface area contributed by atoms with E-state index >= 15 is 0 Å². The van der Waals surface area contributed by atoms with Gasteiger partial charge in [0.25, 0.3) is 0 Å². The molecule has 0 saturated heterocycles. The minimum atomic E-state index is -0.483. The smallest absolute Gasteiger partial charge is 0.240 e. The summed E-state index contributed by atoms with van der Waals surface area (Å²) in [6, 6.07) is 14.1. The second-order valence-corrected chi connectivity index (χ2v) is 6.44. The highest BCUT2D eigenvalue weighted by atomic mass is 16.2. The number of nitrogens with one attached hydrogen (secondary N) is 1. The molecule has 0 aromatic heterocycles. The molecule has 0 fully saturated rings. The predicted octanol–water partition coefficient (Wildman–Crippen LogP) is 2.07. The molecule has 4 nitrogen and oxygen atoms in total. The summed E-state index contributed by atoms with van der Waals surface area (Å²) >= 11 is 0. The molecular weight excluding hydrogens is 286 g/mol. The molecule has 4 heteroatoms. The van der Waals surface area contributed by atoms with Crippen molar-refractivity contribution in [2.45, 2.75) is 32.0 Å². The van der Waals surface area contributed by atoms with Crippen LogP contribution in [0.25, 0.3) is 0 Å². The Morgan fingerprint density at radius 2 is 1.87 bits per heavy atom. The Balaban J connectivity index is 1.43. The van der Waals surface area contributed by atoms with Crippen molar-refractivity contribution in [3.05, 3.63) is 64.7 Å². The Morgan fingerprint density at radius 1 is 1.13 bits per heavy atom. The Kier molecular flexibility index (Phi) is 3.54. The van der Waals surface area contributed by atoms with Crippen molar-refractivity contribution in [2.24, 2.45) is 5.73 Å². The first-order valence-electron chi connectivity index (χ1n) is 8.17. The molecule has 1 atom stereocenters. The molecule has 0 saturated carbocycles. The number of hydrogen-bond donors (Lipinski definition) is 2. The van der Waals surface area contributed by atoms with Crippen LogP contribution in [0.1, 0.15) is 22.3 Å². The molecule has 3 N–H and O–H groups in total. The lowest BCUT2D eigenvalue weighted by molar-refractivity contribution is -0.133. The second kappa shape index (κ2) is 5.70. The van der Waals surface area contributed by atoms with E-state index < -0.39 is 6.04 Å². The van der Waals surface area contributed by atoms with Crippen LogP contribution in [0.3, 0.4) is 0 Å². The van der Waals surface area contributed by atoms with E-state index in [0.29, 0.717) is 19.5 Å². The van der Waals surface area contributed by atoms with Crippen molar-refractivity contribution in [1.82, 2.24) is 4.90 Å². The van der Waals surface area contributed by atoms with Crippen molar-refractivity contribution >= 4 is 11.6 Å². The average molecular weight is 307 g/mol. The predicted molar refractivity (Wildman–Crippen MR) is 91.0 cm³/mol. The van der Waals surface area contributed by atoms with E-state index in [2.05, 4.69) is 35.6 Å². The third kappa shape index (κ3) is 2.70. The highest BCUT2D eigenvalue weighted by Gasteiger charge is 2.27. The minimum Gasteiger partial charge on any atom is -0.384 e. The number of carbonyl (C=O) groups excluding carboxylic acids is 1.